The van der Waals surface area contributed by atoms with Crippen LogP contribution in [-0.2, 0) is 10.3 Å². The third kappa shape index (κ3) is 1.19. The van der Waals surface area contributed by atoms with Crippen LogP contribution in [0.3, 0.4) is 0 Å². The summed E-state index contributed by atoms with van der Waals surface area (Å²) in [6, 6.07) is 18.4. The molecule has 0 radical (unpaired) electrons. The fraction of sp³-hybridized carbons (Fsp3) is 0.250. The maximum absolute atomic E-state index is 10.1. The summed E-state index contributed by atoms with van der Waals surface area (Å²) in [4.78, 5) is 0. The molecule has 0 saturated carbocycles. The van der Waals surface area contributed by atoms with Gasteiger partial charge in [0.25, 0.3) is 0 Å². The number of ether oxygens (including phenoxy) is 1. The van der Waals surface area contributed by atoms with Crippen LogP contribution in [0, 0.1) is 0 Å². The number of epoxide rings is 1. The zero-order valence-corrected chi connectivity index (χ0v) is 9.91. The van der Waals surface area contributed by atoms with Gasteiger partial charge in [-0.05, 0) is 16.7 Å². The molecule has 0 spiro atoms. The van der Waals surface area contributed by atoms with Crippen LogP contribution in [0.1, 0.15) is 29.2 Å². The van der Waals surface area contributed by atoms with Gasteiger partial charge in [0.1, 0.15) is 5.60 Å². The molecule has 0 unspecified atom stereocenters. The third-order valence-electron chi connectivity index (χ3n) is 4.08. The number of benzene rings is 2. The highest BCUT2D eigenvalue weighted by atomic mass is 16.6. The normalized spacial score (nSPS) is 32.5. The Hall–Kier alpha value is -1.64. The lowest BCUT2D eigenvalue weighted by Gasteiger charge is -2.25. The molecule has 2 aliphatic rings. The Labute approximate surface area is 106 Å². The Balaban J connectivity index is 1.93. The smallest absolute Gasteiger partial charge is 0.145 e. The van der Waals surface area contributed by atoms with Gasteiger partial charge in [-0.1, -0.05) is 54.6 Å². The standard InChI is InChI=1S/C16H14O2/c17-14-10-15-16(18-15,11-6-2-1-3-7-11)13-9-5-4-8-12(13)14/h1-9,14-15,17H,10H2/t14-,15+,16-/m0/s1. The summed E-state index contributed by atoms with van der Waals surface area (Å²) in [6.07, 6.45) is 0.404. The molecule has 2 aromatic rings. The van der Waals surface area contributed by atoms with Crippen molar-refractivity contribution in [2.75, 3.05) is 0 Å². The molecule has 18 heavy (non-hydrogen) atoms. The second-order valence-electron chi connectivity index (χ2n) is 5.05. The van der Waals surface area contributed by atoms with Gasteiger partial charge in [-0.3, -0.25) is 0 Å². The molecule has 1 aliphatic heterocycles. The summed E-state index contributed by atoms with van der Waals surface area (Å²) in [6.45, 7) is 0. The van der Waals surface area contributed by atoms with Crippen molar-refractivity contribution >= 4 is 0 Å². The lowest BCUT2D eigenvalue weighted by molar-refractivity contribution is 0.153. The average Bonchev–Trinajstić information content (AvgIpc) is 3.16. The molecule has 0 amide bonds. The number of aliphatic hydroxyl groups excluding tert-OH is 1. The van der Waals surface area contributed by atoms with Crippen molar-refractivity contribution in [1.29, 1.82) is 0 Å². The topological polar surface area (TPSA) is 32.8 Å². The van der Waals surface area contributed by atoms with E-state index < -0.39 is 6.10 Å². The molecule has 4 rings (SSSR count). The first-order valence-electron chi connectivity index (χ1n) is 6.33. The van der Waals surface area contributed by atoms with E-state index in [0.29, 0.717) is 6.42 Å². The largest absolute Gasteiger partial charge is 0.388 e. The van der Waals surface area contributed by atoms with Gasteiger partial charge in [0.2, 0.25) is 0 Å². The number of fused-ring (bicyclic) bond motifs is 3. The zero-order valence-electron chi connectivity index (χ0n) is 9.91. The van der Waals surface area contributed by atoms with E-state index in [9.17, 15) is 5.11 Å². The molecule has 0 bridgehead atoms. The predicted molar refractivity (Wildman–Crippen MR) is 68.1 cm³/mol. The van der Waals surface area contributed by atoms with Crippen LogP contribution in [0.4, 0.5) is 0 Å². The lowest BCUT2D eigenvalue weighted by atomic mass is 9.77. The van der Waals surface area contributed by atoms with Crippen molar-refractivity contribution in [2.45, 2.75) is 24.2 Å². The Morgan fingerprint density at radius 1 is 1.00 bits per heavy atom. The summed E-state index contributed by atoms with van der Waals surface area (Å²) in [5, 5.41) is 10.1. The highest BCUT2D eigenvalue weighted by Gasteiger charge is 2.62. The van der Waals surface area contributed by atoms with Crippen LogP contribution in [0.25, 0.3) is 0 Å². The molecule has 2 heteroatoms. The fourth-order valence-electron chi connectivity index (χ4n) is 3.19. The van der Waals surface area contributed by atoms with E-state index in [1.54, 1.807) is 0 Å². The van der Waals surface area contributed by atoms with E-state index in [-0.39, 0.29) is 11.7 Å². The molecule has 1 N–H and O–H groups in total. The lowest BCUT2D eigenvalue weighted by Crippen LogP contribution is -2.24. The number of hydrogen-bond acceptors (Lipinski definition) is 2. The van der Waals surface area contributed by atoms with Crippen molar-refractivity contribution in [2.24, 2.45) is 0 Å². The number of rotatable bonds is 1. The summed E-state index contributed by atoms with van der Waals surface area (Å²) >= 11 is 0. The molecule has 1 saturated heterocycles. The molecule has 1 aliphatic carbocycles. The first-order valence-corrected chi connectivity index (χ1v) is 6.33. The average molecular weight is 238 g/mol. The predicted octanol–water partition coefficient (Wildman–Crippen LogP) is 2.77. The van der Waals surface area contributed by atoms with E-state index in [1.807, 2.05) is 36.4 Å². The fourth-order valence-corrected chi connectivity index (χ4v) is 3.19. The minimum Gasteiger partial charge on any atom is -0.388 e. The van der Waals surface area contributed by atoms with Gasteiger partial charge in [0, 0.05) is 6.42 Å². The molecule has 90 valence electrons. The Kier molecular flexibility index (Phi) is 1.97. The van der Waals surface area contributed by atoms with Gasteiger partial charge in [-0.25, -0.2) is 0 Å². The molecule has 0 aromatic heterocycles. The molecule has 1 fully saturated rings. The van der Waals surface area contributed by atoms with Crippen molar-refractivity contribution in [3.05, 3.63) is 71.3 Å². The molecule has 2 aromatic carbocycles. The first kappa shape index (κ1) is 10.3. The van der Waals surface area contributed by atoms with E-state index in [0.717, 1.165) is 11.1 Å². The molecular formula is C16H14O2. The quantitative estimate of drug-likeness (QED) is 0.775. The highest BCUT2D eigenvalue weighted by molar-refractivity contribution is 5.50. The summed E-state index contributed by atoms with van der Waals surface area (Å²) in [5.74, 6) is 0. The Bertz CT molecular complexity index is 593. The molecule has 1 heterocycles. The van der Waals surface area contributed by atoms with E-state index in [4.69, 9.17) is 4.74 Å². The van der Waals surface area contributed by atoms with Crippen molar-refractivity contribution in [1.82, 2.24) is 0 Å². The van der Waals surface area contributed by atoms with Gasteiger partial charge in [-0.2, -0.15) is 0 Å². The van der Waals surface area contributed by atoms with Crippen LogP contribution in [0.5, 0.6) is 0 Å². The summed E-state index contributed by atoms with van der Waals surface area (Å²) in [7, 11) is 0. The van der Waals surface area contributed by atoms with Crippen LogP contribution in [0.2, 0.25) is 0 Å². The second kappa shape index (κ2) is 3.44. The zero-order chi connectivity index (χ0) is 12.2. The minimum atomic E-state index is -0.398. The SMILES string of the molecule is O[C@H]1C[C@H]2O[C@@]2(c2ccccc2)c2ccccc21. The molecular weight excluding hydrogens is 224 g/mol. The van der Waals surface area contributed by atoms with Crippen LogP contribution < -0.4 is 0 Å². The van der Waals surface area contributed by atoms with Crippen molar-refractivity contribution < 1.29 is 9.84 Å². The van der Waals surface area contributed by atoms with Gasteiger partial charge in [0.15, 0.2) is 0 Å². The van der Waals surface area contributed by atoms with Crippen molar-refractivity contribution in [3.8, 4) is 0 Å². The summed E-state index contributed by atoms with van der Waals surface area (Å²) < 4.78 is 5.99. The van der Waals surface area contributed by atoms with Gasteiger partial charge in [0.05, 0.1) is 12.2 Å². The van der Waals surface area contributed by atoms with Gasteiger partial charge in [-0.15, -0.1) is 0 Å². The van der Waals surface area contributed by atoms with Gasteiger partial charge < -0.3 is 9.84 Å². The molecule has 3 atom stereocenters. The first-order chi connectivity index (χ1) is 8.82. The monoisotopic (exact) mass is 238 g/mol. The van der Waals surface area contributed by atoms with E-state index in [2.05, 4.69) is 18.2 Å². The number of aliphatic hydroxyl groups is 1. The second-order valence-corrected chi connectivity index (χ2v) is 5.05. The van der Waals surface area contributed by atoms with Crippen LogP contribution in [-0.4, -0.2) is 11.2 Å². The third-order valence-corrected chi connectivity index (χ3v) is 4.08. The Morgan fingerprint density at radius 3 is 2.56 bits per heavy atom. The van der Waals surface area contributed by atoms with E-state index in [1.165, 1.54) is 5.56 Å². The summed E-state index contributed by atoms with van der Waals surface area (Å²) in [5.41, 5.74) is 3.02. The Morgan fingerprint density at radius 2 is 1.72 bits per heavy atom. The maximum atomic E-state index is 10.1. The van der Waals surface area contributed by atoms with E-state index >= 15 is 0 Å². The van der Waals surface area contributed by atoms with Crippen LogP contribution >= 0.6 is 0 Å². The molecule has 2 nitrogen and oxygen atoms in total. The van der Waals surface area contributed by atoms with Crippen LogP contribution in [0.15, 0.2) is 54.6 Å². The maximum Gasteiger partial charge on any atom is 0.145 e. The number of hydrogen-bond donors (Lipinski definition) is 1. The highest BCUT2D eigenvalue weighted by Crippen LogP contribution is 2.59. The van der Waals surface area contributed by atoms with Crippen molar-refractivity contribution in [3.63, 3.8) is 0 Å². The van der Waals surface area contributed by atoms with Gasteiger partial charge >= 0.3 is 0 Å². The minimum absolute atomic E-state index is 0.116.